The monoisotopic (exact) mass is 284 g/mol. The molecule has 0 radical (unpaired) electrons. The topological polar surface area (TPSA) is 23.6 Å². The smallest absolute Gasteiger partial charge is 0.221 e. The molecule has 3 nitrogen and oxygen atoms in total. The van der Waals surface area contributed by atoms with Crippen molar-refractivity contribution in [3.63, 3.8) is 0 Å². The Morgan fingerprint density at radius 3 is 2.06 bits per heavy atom. The zero-order valence-electron chi connectivity index (χ0n) is 11.2. The minimum absolute atomic E-state index is 0. The van der Waals surface area contributed by atoms with E-state index in [9.17, 15) is 4.79 Å². The molecule has 0 saturated heterocycles. The highest BCUT2D eigenvalue weighted by molar-refractivity contribution is 6.63. The summed E-state index contributed by atoms with van der Waals surface area (Å²) < 4.78 is 0. The Bertz CT molecular complexity index is 189. The van der Waals surface area contributed by atoms with Gasteiger partial charge in [-0.1, -0.05) is 12.8 Å². The molecule has 0 aliphatic heterocycles. The summed E-state index contributed by atoms with van der Waals surface area (Å²) in [6, 6.07) is 0. The maximum absolute atomic E-state index is 10.5. The van der Waals surface area contributed by atoms with Gasteiger partial charge in [-0.2, -0.15) is 0 Å². The molecule has 0 aliphatic carbocycles. The molecule has 0 aromatic heterocycles. The van der Waals surface area contributed by atoms with E-state index >= 15 is 0 Å². The fraction of sp³-hybridized carbons (Fsp3) is 0.917. The van der Waals surface area contributed by atoms with Crippen LogP contribution in [0.4, 0.5) is 0 Å². The van der Waals surface area contributed by atoms with E-state index < -0.39 is 0 Å². The summed E-state index contributed by atoms with van der Waals surface area (Å²) in [5.74, 6) is 0. The second kappa shape index (κ2) is 12.6. The quantitative estimate of drug-likeness (QED) is 0.455. The molecule has 0 atom stereocenters. The van der Waals surface area contributed by atoms with Gasteiger partial charge in [0.05, 0.1) is 0 Å². The van der Waals surface area contributed by atoms with Crippen LogP contribution in [0.1, 0.15) is 32.1 Å². The average Bonchev–Trinajstić information content (AvgIpc) is 2.19. The van der Waals surface area contributed by atoms with Crippen molar-refractivity contribution in [1.82, 2.24) is 9.80 Å². The largest absolute Gasteiger partial charge is 0.308 e. The summed E-state index contributed by atoms with van der Waals surface area (Å²) >= 11 is 5.26. The zero-order chi connectivity index (χ0) is 12.4. The van der Waals surface area contributed by atoms with Gasteiger partial charge >= 0.3 is 0 Å². The molecule has 0 rings (SSSR count). The summed E-state index contributed by atoms with van der Waals surface area (Å²) in [5.41, 5.74) is 0. The molecule has 0 aromatic carbocycles. The van der Waals surface area contributed by atoms with Gasteiger partial charge in [-0.3, -0.25) is 4.79 Å². The van der Waals surface area contributed by atoms with Crippen molar-refractivity contribution < 1.29 is 4.79 Å². The Balaban J connectivity index is 0. The van der Waals surface area contributed by atoms with Crippen LogP contribution in [0, 0.1) is 0 Å². The zero-order valence-corrected chi connectivity index (χ0v) is 12.8. The van der Waals surface area contributed by atoms with E-state index in [1.165, 1.54) is 12.8 Å². The second-order valence-electron chi connectivity index (χ2n) is 4.63. The van der Waals surface area contributed by atoms with E-state index in [2.05, 4.69) is 30.9 Å². The summed E-state index contributed by atoms with van der Waals surface area (Å²) in [4.78, 5) is 15.0. The normalized spacial score (nSPS) is 10.7. The van der Waals surface area contributed by atoms with Crippen LogP contribution in [0.5, 0.6) is 0 Å². The van der Waals surface area contributed by atoms with Crippen LogP contribution in [-0.2, 0) is 4.79 Å². The van der Waals surface area contributed by atoms with Gasteiger partial charge in [-0.05, 0) is 52.1 Å². The van der Waals surface area contributed by atoms with Crippen LogP contribution in [0.25, 0.3) is 0 Å². The third kappa shape index (κ3) is 16.2. The Morgan fingerprint density at radius 1 is 0.941 bits per heavy atom. The highest BCUT2D eigenvalue weighted by Gasteiger charge is 2.00. The third-order valence-electron chi connectivity index (χ3n) is 2.59. The third-order valence-corrected chi connectivity index (χ3v) is 2.78. The van der Waals surface area contributed by atoms with E-state index in [-0.39, 0.29) is 17.6 Å². The number of unbranched alkanes of at least 4 members (excludes halogenated alkanes) is 3. The first-order valence-corrected chi connectivity index (χ1v) is 6.41. The Labute approximate surface area is 117 Å². The predicted molar refractivity (Wildman–Crippen MR) is 77.2 cm³/mol. The molecule has 0 N–H and O–H groups in total. The second-order valence-corrected chi connectivity index (χ2v) is 5.05. The summed E-state index contributed by atoms with van der Waals surface area (Å²) in [6.45, 7) is 3.37. The lowest BCUT2D eigenvalue weighted by atomic mass is 10.1. The van der Waals surface area contributed by atoms with Crippen molar-refractivity contribution in [2.45, 2.75) is 32.1 Å². The van der Waals surface area contributed by atoms with E-state index in [4.69, 9.17) is 11.6 Å². The van der Waals surface area contributed by atoms with Crippen molar-refractivity contribution in [2.75, 3.05) is 40.8 Å². The van der Waals surface area contributed by atoms with Gasteiger partial charge in [-0.25, -0.2) is 0 Å². The molecule has 0 aromatic rings. The average molecular weight is 285 g/mol. The van der Waals surface area contributed by atoms with Gasteiger partial charge in [0.1, 0.15) is 0 Å². The minimum atomic E-state index is -0.205. The van der Waals surface area contributed by atoms with Gasteiger partial charge in [-0.15, -0.1) is 12.4 Å². The fourth-order valence-corrected chi connectivity index (χ4v) is 1.62. The highest BCUT2D eigenvalue weighted by Crippen LogP contribution is 2.05. The van der Waals surface area contributed by atoms with Crippen LogP contribution in [0.15, 0.2) is 0 Å². The van der Waals surface area contributed by atoms with Crippen LogP contribution in [0.3, 0.4) is 0 Å². The van der Waals surface area contributed by atoms with Crippen molar-refractivity contribution in [3.05, 3.63) is 0 Å². The van der Waals surface area contributed by atoms with Crippen LogP contribution < -0.4 is 0 Å². The fourth-order valence-electron chi connectivity index (χ4n) is 1.48. The number of carbonyl (C=O) groups is 1. The molecule has 0 heterocycles. The number of nitrogens with zero attached hydrogens (tertiary/aromatic N) is 2. The molecule has 0 spiro atoms. The maximum atomic E-state index is 10.5. The van der Waals surface area contributed by atoms with Gasteiger partial charge in [0.25, 0.3) is 0 Å². The maximum Gasteiger partial charge on any atom is 0.221 e. The van der Waals surface area contributed by atoms with Crippen LogP contribution >= 0.6 is 24.0 Å². The number of rotatable bonds is 10. The van der Waals surface area contributed by atoms with Crippen LogP contribution in [0.2, 0.25) is 0 Å². The predicted octanol–water partition coefficient (Wildman–Crippen LogP) is 2.62. The van der Waals surface area contributed by atoms with Crippen molar-refractivity contribution in [3.8, 4) is 0 Å². The van der Waals surface area contributed by atoms with E-state index in [1.54, 1.807) is 0 Å². The minimum Gasteiger partial charge on any atom is -0.308 e. The van der Waals surface area contributed by atoms with Gasteiger partial charge in [0.2, 0.25) is 5.24 Å². The van der Waals surface area contributed by atoms with Crippen molar-refractivity contribution >= 4 is 29.3 Å². The van der Waals surface area contributed by atoms with E-state index in [0.717, 1.165) is 32.5 Å². The molecule has 0 aliphatic rings. The molecule has 17 heavy (non-hydrogen) atoms. The van der Waals surface area contributed by atoms with Crippen molar-refractivity contribution in [1.29, 1.82) is 0 Å². The molecule has 0 saturated carbocycles. The number of hydrogen-bond acceptors (Lipinski definition) is 3. The van der Waals surface area contributed by atoms with Gasteiger partial charge in [0, 0.05) is 19.5 Å². The lowest BCUT2D eigenvalue weighted by molar-refractivity contribution is -0.111. The van der Waals surface area contributed by atoms with Crippen molar-refractivity contribution in [2.24, 2.45) is 0 Å². The number of likely N-dealkylation sites (N-methyl/N-ethyl adjacent to an activating group) is 2. The molecule has 0 fully saturated rings. The summed E-state index contributed by atoms with van der Waals surface area (Å²) in [6.07, 6.45) is 4.97. The SMILES string of the molecule is CN(C)CCN(C)CCCCCCC(=O)Cl.Cl. The lowest BCUT2D eigenvalue weighted by Gasteiger charge is -2.18. The van der Waals surface area contributed by atoms with E-state index in [0.29, 0.717) is 6.42 Å². The van der Waals surface area contributed by atoms with Gasteiger partial charge < -0.3 is 9.80 Å². The molecular weight excluding hydrogens is 259 g/mol. The number of carbonyl (C=O) groups excluding carboxylic acids is 1. The molecular formula is C12H26Cl2N2O. The number of hydrogen-bond donors (Lipinski definition) is 0. The molecule has 0 amide bonds. The highest BCUT2D eigenvalue weighted by atomic mass is 35.5. The first kappa shape index (κ1) is 19.5. The first-order valence-electron chi connectivity index (χ1n) is 6.04. The van der Waals surface area contributed by atoms with Gasteiger partial charge in [0.15, 0.2) is 0 Å². The number of halogens is 2. The molecule has 0 bridgehead atoms. The summed E-state index contributed by atoms with van der Waals surface area (Å²) in [7, 11) is 6.35. The molecule has 5 heteroatoms. The molecule has 0 unspecified atom stereocenters. The molecule has 104 valence electrons. The lowest BCUT2D eigenvalue weighted by Crippen LogP contribution is -2.29. The van der Waals surface area contributed by atoms with Crippen LogP contribution in [-0.4, -0.2) is 55.8 Å². The Kier molecular flexibility index (Phi) is 14.5. The first-order chi connectivity index (χ1) is 7.52. The van der Waals surface area contributed by atoms with E-state index in [1.807, 2.05) is 0 Å². The standard InChI is InChI=1S/C12H25ClN2O.ClH/c1-14(2)10-11-15(3)9-7-5-4-6-8-12(13)16;/h4-11H2,1-3H3;1H. The Hall–Kier alpha value is 0.170. The summed E-state index contributed by atoms with van der Waals surface area (Å²) in [5, 5.41) is -0.205. The Morgan fingerprint density at radius 2 is 1.53 bits per heavy atom.